The van der Waals surface area contributed by atoms with Gasteiger partial charge in [0.2, 0.25) is 5.88 Å². The Morgan fingerprint density at radius 3 is 2.86 bits per heavy atom. The second-order valence-corrected chi connectivity index (χ2v) is 11.4. The number of hydrogen-bond donors (Lipinski definition) is 0. The minimum Gasteiger partial charge on any atom is -0.475 e. The molecular formula is C32H27F3N6O2. The molecule has 2 aromatic carbocycles. The van der Waals surface area contributed by atoms with Gasteiger partial charge in [-0.25, -0.2) is 18.2 Å². The smallest absolute Gasteiger partial charge is 0.319 e. The van der Waals surface area contributed by atoms with Crippen molar-refractivity contribution in [3.63, 3.8) is 0 Å². The average molecular weight is 585 g/mol. The predicted octanol–water partition coefficient (Wildman–Crippen LogP) is 5.17. The van der Waals surface area contributed by atoms with Gasteiger partial charge in [0.25, 0.3) is 0 Å². The summed E-state index contributed by atoms with van der Waals surface area (Å²) in [4.78, 5) is 17.5. The van der Waals surface area contributed by atoms with E-state index in [1.165, 1.54) is 6.07 Å². The zero-order valence-electron chi connectivity index (χ0n) is 23.4. The van der Waals surface area contributed by atoms with Gasteiger partial charge in [0.1, 0.15) is 48.3 Å². The van der Waals surface area contributed by atoms with Crippen molar-refractivity contribution in [3.8, 4) is 41.6 Å². The molecule has 3 atom stereocenters. The first kappa shape index (κ1) is 27.2. The Morgan fingerprint density at radius 1 is 1.19 bits per heavy atom. The highest BCUT2D eigenvalue weighted by Crippen LogP contribution is 2.43. The molecular weight excluding hydrogens is 557 g/mol. The van der Waals surface area contributed by atoms with E-state index < -0.39 is 23.3 Å². The summed E-state index contributed by atoms with van der Waals surface area (Å²) in [6.07, 6.45) is 6.80. The lowest BCUT2D eigenvalue weighted by Gasteiger charge is -2.31. The number of aromatic nitrogens is 3. The van der Waals surface area contributed by atoms with Crippen molar-refractivity contribution < 1.29 is 22.6 Å². The van der Waals surface area contributed by atoms with E-state index in [-0.39, 0.29) is 71.2 Å². The van der Waals surface area contributed by atoms with Gasteiger partial charge in [0.05, 0.1) is 23.2 Å². The lowest BCUT2D eigenvalue weighted by molar-refractivity contribution is 0.107. The van der Waals surface area contributed by atoms with Crippen molar-refractivity contribution >= 4 is 27.5 Å². The van der Waals surface area contributed by atoms with Gasteiger partial charge < -0.3 is 14.4 Å². The third-order valence-corrected chi connectivity index (χ3v) is 8.84. The zero-order valence-corrected chi connectivity index (χ0v) is 23.4. The third kappa shape index (κ3) is 4.30. The molecule has 7 rings (SSSR count). The minimum absolute atomic E-state index is 0.00879. The van der Waals surface area contributed by atoms with E-state index in [0.717, 1.165) is 19.4 Å². The Labute approximate surface area is 246 Å². The number of nitrogens with zero attached hydrogens (tertiary/aromatic N) is 6. The van der Waals surface area contributed by atoms with Gasteiger partial charge in [-0.3, -0.25) is 4.90 Å². The maximum Gasteiger partial charge on any atom is 0.319 e. The highest BCUT2D eigenvalue weighted by molar-refractivity contribution is 6.03. The van der Waals surface area contributed by atoms with Crippen LogP contribution in [0.5, 0.6) is 11.9 Å². The van der Waals surface area contributed by atoms with Crippen LogP contribution < -0.4 is 14.4 Å². The molecule has 3 aliphatic rings. The van der Waals surface area contributed by atoms with E-state index in [4.69, 9.17) is 15.9 Å². The highest BCUT2D eigenvalue weighted by atomic mass is 19.1. The van der Waals surface area contributed by atoms with Gasteiger partial charge in [-0.2, -0.15) is 15.2 Å². The molecule has 8 nitrogen and oxygen atoms in total. The van der Waals surface area contributed by atoms with E-state index in [9.17, 15) is 14.0 Å². The molecule has 0 radical (unpaired) electrons. The van der Waals surface area contributed by atoms with Crippen LogP contribution in [0, 0.1) is 35.3 Å². The third-order valence-electron chi connectivity index (χ3n) is 8.84. The monoisotopic (exact) mass is 584 g/mol. The summed E-state index contributed by atoms with van der Waals surface area (Å²) < 4.78 is 58.1. The number of nitriles is 1. The number of hydrogen-bond acceptors (Lipinski definition) is 8. The van der Waals surface area contributed by atoms with E-state index in [0.29, 0.717) is 23.7 Å². The normalized spacial score (nSPS) is 23.1. The maximum atomic E-state index is 16.7. The molecule has 2 aromatic heterocycles. The lowest BCUT2D eigenvalue weighted by atomic mass is 9.95. The number of alkyl halides is 1. The molecule has 2 fully saturated rings. The van der Waals surface area contributed by atoms with Crippen LogP contribution in [0.15, 0.2) is 30.3 Å². The molecule has 4 aromatic rings. The van der Waals surface area contributed by atoms with Crippen molar-refractivity contribution in [1.82, 2.24) is 19.9 Å². The van der Waals surface area contributed by atoms with Crippen LogP contribution in [0.3, 0.4) is 0 Å². The number of ether oxygens (including phenoxy) is 2. The first-order chi connectivity index (χ1) is 20.8. The standard InChI is InChI=1S/C32H27F3N6O2/c1-3-21-23(34)9-8-19-6-4-7-22(24(19)21)27-26(35)28-25-29(41(13-11-36)18(2)16-42-30(25)37-27)39-31(38-28)43-17-32-10-5-12-40(32)15-20(33)14-32/h1,4,6-9,18,20H,5,10,12-17H2,2H3/t18-,20+,32-/m0/s1. The largest absolute Gasteiger partial charge is 0.475 e. The summed E-state index contributed by atoms with van der Waals surface area (Å²) in [5.41, 5.74) is -0.448. The van der Waals surface area contributed by atoms with Gasteiger partial charge in [-0.05, 0) is 37.8 Å². The van der Waals surface area contributed by atoms with Crippen LogP contribution in [-0.2, 0) is 0 Å². The van der Waals surface area contributed by atoms with Crippen LogP contribution in [0.1, 0.15) is 31.7 Å². The molecule has 5 heterocycles. The Morgan fingerprint density at radius 2 is 2.05 bits per heavy atom. The fourth-order valence-electron chi connectivity index (χ4n) is 6.80. The number of halogens is 3. The van der Waals surface area contributed by atoms with Crippen LogP contribution >= 0.6 is 0 Å². The number of fused-ring (bicyclic) bond motifs is 2. The number of rotatable bonds is 5. The van der Waals surface area contributed by atoms with Crippen molar-refractivity contribution in [1.29, 1.82) is 5.26 Å². The first-order valence-electron chi connectivity index (χ1n) is 14.2. The van der Waals surface area contributed by atoms with Crippen molar-refractivity contribution in [2.45, 2.75) is 43.9 Å². The Balaban J connectivity index is 1.43. The summed E-state index contributed by atoms with van der Waals surface area (Å²) in [5, 5.41) is 10.8. The molecule has 11 heteroatoms. The first-order valence-corrected chi connectivity index (χ1v) is 14.2. The molecule has 2 saturated heterocycles. The van der Waals surface area contributed by atoms with E-state index in [2.05, 4.69) is 31.8 Å². The second kappa shape index (κ2) is 10.3. The highest BCUT2D eigenvalue weighted by Gasteiger charge is 2.49. The summed E-state index contributed by atoms with van der Waals surface area (Å²) in [6.45, 7) is 3.23. The summed E-state index contributed by atoms with van der Waals surface area (Å²) >= 11 is 0. The Kier molecular flexibility index (Phi) is 6.51. The van der Waals surface area contributed by atoms with E-state index >= 15 is 4.39 Å². The van der Waals surface area contributed by atoms with Crippen LogP contribution in [-0.4, -0.2) is 70.5 Å². The SMILES string of the molecule is C#Cc1c(F)ccc2cccc(-c3nc4c5c(nc(OC[C@@]67CCCN6C[C@H](F)C7)nc5c3F)N(CC#N)[C@@H](C)CO4)c12. The summed E-state index contributed by atoms with van der Waals surface area (Å²) in [7, 11) is 0. The second-order valence-electron chi connectivity index (χ2n) is 11.4. The van der Waals surface area contributed by atoms with Gasteiger partial charge in [0.15, 0.2) is 11.6 Å². The van der Waals surface area contributed by atoms with Crippen LogP contribution in [0.25, 0.3) is 32.9 Å². The number of pyridine rings is 1. The van der Waals surface area contributed by atoms with E-state index in [1.807, 2.05) is 6.92 Å². The molecule has 0 unspecified atom stereocenters. The van der Waals surface area contributed by atoms with Gasteiger partial charge in [-0.1, -0.05) is 30.2 Å². The maximum absolute atomic E-state index is 16.7. The van der Waals surface area contributed by atoms with Crippen LogP contribution in [0.2, 0.25) is 0 Å². The molecule has 0 saturated carbocycles. The van der Waals surface area contributed by atoms with Gasteiger partial charge in [0, 0.05) is 23.9 Å². The fraction of sp³-hybridized carbons (Fsp3) is 0.375. The minimum atomic E-state index is -0.942. The zero-order chi connectivity index (χ0) is 29.9. The molecule has 3 aliphatic heterocycles. The Bertz CT molecular complexity index is 1870. The molecule has 0 aliphatic carbocycles. The van der Waals surface area contributed by atoms with Gasteiger partial charge >= 0.3 is 6.01 Å². The van der Waals surface area contributed by atoms with Crippen LogP contribution in [0.4, 0.5) is 19.0 Å². The van der Waals surface area contributed by atoms with E-state index in [1.54, 1.807) is 29.2 Å². The molecule has 0 N–H and O–H groups in total. The molecule has 0 amide bonds. The molecule has 218 valence electrons. The molecule has 0 bridgehead atoms. The molecule has 43 heavy (non-hydrogen) atoms. The quantitative estimate of drug-likeness (QED) is 0.235. The summed E-state index contributed by atoms with van der Waals surface area (Å²) in [6, 6.07) is 9.66. The average Bonchev–Trinajstić information content (AvgIpc) is 3.49. The number of anilines is 1. The lowest BCUT2D eigenvalue weighted by Crippen LogP contribution is -2.43. The number of benzene rings is 2. The fourth-order valence-corrected chi connectivity index (χ4v) is 6.80. The topological polar surface area (TPSA) is 87.4 Å². The van der Waals surface area contributed by atoms with Crippen molar-refractivity contribution in [3.05, 3.63) is 47.5 Å². The number of terminal acetylenes is 1. The van der Waals surface area contributed by atoms with Crippen molar-refractivity contribution in [2.75, 3.05) is 37.7 Å². The van der Waals surface area contributed by atoms with Gasteiger partial charge in [-0.15, -0.1) is 6.42 Å². The Hall–Kier alpha value is -4.61. The summed E-state index contributed by atoms with van der Waals surface area (Å²) in [5.74, 6) is 1.31. The predicted molar refractivity (Wildman–Crippen MR) is 155 cm³/mol. The van der Waals surface area contributed by atoms with Crippen molar-refractivity contribution in [2.24, 2.45) is 0 Å². The molecule has 0 spiro atoms.